The number of hydrogen-bond acceptors (Lipinski definition) is 3. The van der Waals surface area contributed by atoms with E-state index in [0.717, 1.165) is 6.42 Å². The Bertz CT molecular complexity index is 197. The van der Waals surface area contributed by atoms with Crippen molar-refractivity contribution in [2.75, 3.05) is 0 Å². The molecule has 3 heteroatoms. The first kappa shape index (κ1) is 11.4. The predicted molar refractivity (Wildman–Crippen MR) is 63.4 cm³/mol. The van der Waals surface area contributed by atoms with Crippen LogP contribution < -0.4 is 11.2 Å². The Hall–Kier alpha value is -0.120. The number of piperidine rings is 1. The highest BCUT2D eigenvalue weighted by Gasteiger charge is 2.29. The van der Waals surface area contributed by atoms with Crippen LogP contribution in [0.2, 0.25) is 0 Å². The molecule has 4 unspecified atom stereocenters. The van der Waals surface area contributed by atoms with Gasteiger partial charge in [-0.15, -0.1) is 0 Å². The molecule has 1 aliphatic heterocycles. The lowest BCUT2D eigenvalue weighted by molar-refractivity contribution is 0.0303. The summed E-state index contributed by atoms with van der Waals surface area (Å²) in [7, 11) is 0. The van der Waals surface area contributed by atoms with Crippen LogP contribution in [-0.4, -0.2) is 29.2 Å². The van der Waals surface area contributed by atoms with Crippen LogP contribution in [0.4, 0.5) is 0 Å². The molecule has 0 aromatic rings. The second-order valence-corrected chi connectivity index (χ2v) is 5.44. The number of hydrogen-bond donors (Lipinski definition) is 2. The number of rotatable bonds is 2. The molecule has 15 heavy (non-hydrogen) atoms. The van der Waals surface area contributed by atoms with E-state index in [1.165, 1.54) is 32.1 Å². The summed E-state index contributed by atoms with van der Waals surface area (Å²) in [6.07, 6.45) is 7.62. The van der Waals surface area contributed by atoms with Crippen LogP contribution in [0.5, 0.6) is 0 Å². The highest BCUT2D eigenvalue weighted by atomic mass is 15.5. The zero-order valence-corrected chi connectivity index (χ0v) is 10.1. The van der Waals surface area contributed by atoms with Gasteiger partial charge in [0.1, 0.15) is 0 Å². The SMILES string of the molecule is CC1CCCC(C)N1NC1CCC(N)C1. The molecule has 88 valence electrons. The highest BCUT2D eigenvalue weighted by molar-refractivity contribution is 4.85. The normalized spacial score (nSPS) is 43.4. The molecular formula is C12H25N3. The fraction of sp³-hybridized carbons (Fsp3) is 1.00. The summed E-state index contributed by atoms with van der Waals surface area (Å²) < 4.78 is 0. The van der Waals surface area contributed by atoms with Gasteiger partial charge in [-0.25, -0.2) is 5.01 Å². The lowest BCUT2D eigenvalue weighted by Crippen LogP contribution is -2.55. The number of nitrogens with two attached hydrogens (primary N) is 1. The minimum absolute atomic E-state index is 0.429. The van der Waals surface area contributed by atoms with Gasteiger partial charge in [0.25, 0.3) is 0 Å². The van der Waals surface area contributed by atoms with Gasteiger partial charge in [-0.3, -0.25) is 5.43 Å². The van der Waals surface area contributed by atoms with Crippen molar-refractivity contribution < 1.29 is 0 Å². The third-order valence-electron chi connectivity index (χ3n) is 4.00. The van der Waals surface area contributed by atoms with Gasteiger partial charge in [-0.1, -0.05) is 6.42 Å². The molecule has 0 bridgehead atoms. The second-order valence-electron chi connectivity index (χ2n) is 5.44. The maximum Gasteiger partial charge on any atom is 0.0230 e. The third-order valence-corrected chi connectivity index (χ3v) is 4.00. The molecular weight excluding hydrogens is 186 g/mol. The van der Waals surface area contributed by atoms with Crippen LogP contribution in [0.25, 0.3) is 0 Å². The molecule has 1 saturated carbocycles. The molecule has 1 saturated heterocycles. The van der Waals surface area contributed by atoms with Gasteiger partial charge in [0.05, 0.1) is 0 Å². The Balaban J connectivity index is 1.86. The van der Waals surface area contributed by atoms with Gasteiger partial charge in [0.15, 0.2) is 0 Å². The molecule has 0 aromatic carbocycles. The lowest BCUT2D eigenvalue weighted by Gasteiger charge is -2.40. The van der Waals surface area contributed by atoms with Gasteiger partial charge >= 0.3 is 0 Å². The van der Waals surface area contributed by atoms with E-state index in [9.17, 15) is 0 Å². The van der Waals surface area contributed by atoms with E-state index in [1.807, 2.05) is 0 Å². The van der Waals surface area contributed by atoms with E-state index >= 15 is 0 Å². The van der Waals surface area contributed by atoms with Gasteiger partial charge in [0, 0.05) is 24.2 Å². The summed E-state index contributed by atoms with van der Waals surface area (Å²) >= 11 is 0. The van der Waals surface area contributed by atoms with Crippen LogP contribution in [0.1, 0.15) is 52.4 Å². The molecule has 0 spiro atoms. The molecule has 0 amide bonds. The Morgan fingerprint density at radius 1 is 1.07 bits per heavy atom. The van der Waals surface area contributed by atoms with Crippen molar-refractivity contribution in [1.29, 1.82) is 0 Å². The maximum atomic E-state index is 5.94. The summed E-state index contributed by atoms with van der Waals surface area (Å²) in [6, 6.07) is 2.43. The maximum absolute atomic E-state index is 5.94. The van der Waals surface area contributed by atoms with Crippen molar-refractivity contribution in [3.63, 3.8) is 0 Å². The number of hydrazine groups is 1. The van der Waals surface area contributed by atoms with Crippen LogP contribution >= 0.6 is 0 Å². The van der Waals surface area contributed by atoms with Crippen molar-refractivity contribution in [2.24, 2.45) is 5.73 Å². The fourth-order valence-corrected chi connectivity index (χ4v) is 3.02. The Labute approximate surface area is 93.4 Å². The van der Waals surface area contributed by atoms with Gasteiger partial charge in [-0.2, -0.15) is 0 Å². The summed E-state index contributed by atoms with van der Waals surface area (Å²) in [5.41, 5.74) is 9.64. The molecule has 4 atom stereocenters. The Kier molecular flexibility index (Phi) is 3.65. The summed E-state index contributed by atoms with van der Waals surface area (Å²) in [5.74, 6) is 0. The summed E-state index contributed by atoms with van der Waals surface area (Å²) in [4.78, 5) is 0. The van der Waals surface area contributed by atoms with Crippen molar-refractivity contribution in [2.45, 2.75) is 76.5 Å². The first-order valence-corrected chi connectivity index (χ1v) is 6.47. The zero-order chi connectivity index (χ0) is 10.8. The van der Waals surface area contributed by atoms with E-state index in [0.29, 0.717) is 24.2 Å². The highest BCUT2D eigenvalue weighted by Crippen LogP contribution is 2.23. The average molecular weight is 211 g/mol. The van der Waals surface area contributed by atoms with Gasteiger partial charge < -0.3 is 5.73 Å². The monoisotopic (exact) mass is 211 g/mol. The van der Waals surface area contributed by atoms with E-state index in [-0.39, 0.29) is 0 Å². The Morgan fingerprint density at radius 3 is 2.27 bits per heavy atom. The van der Waals surface area contributed by atoms with Crippen LogP contribution in [-0.2, 0) is 0 Å². The lowest BCUT2D eigenvalue weighted by atomic mass is 9.99. The fourth-order valence-electron chi connectivity index (χ4n) is 3.02. The first-order valence-electron chi connectivity index (χ1n) is 6.47. The topological polar surface area (TPSA) is 41.3 Å². The van der Waals surface area contributed by atoms with E-state index < -0.39 is 0 Å². The number of nitrogens with zero attached hydrogens (tertiary/aromatic N) is 1. The van der Waals surface area contributed by atoms with Crippen molar-refractivity contribution in [1.82, 2.24) is 10.4 Å². The largest absolute Gasteiger partial charge is 0.328 e. The van der Waals surface area contributed by atoms with Crippen molar-refractivity contribution in [3.05, 3.63) is 0 Å². The van der Waals surface area contributed by atoms with Crippen molar-refractivity contribution in [3.8, 4) is 0 Å². The minimum atomic E-state index is 0.429. The second kappa shape index (κ2) is 4.81. The third kappa shape index (κ3) is 2.71. The smallest absolute Gasteiger partial charge is 0.0230 e. The molecule has 0 radical (unpaired) electrons. The molecule has 1 heterocycles. The van der Waals surface area contributed by atoms with Crippen molar-refractivity contribution >= 4 is 0 Å². The molecule has 3 nitrogen and oxygen atoms in total. The summed E-state index contributed by atoms with van der Waals surface area (Å²) in [5, 5.41) is 2.48. The Morgan fingerprint density at radius 2 is 1.73 bits per heavy atom. The summed E-state index contributed by atoms with van der Waals surface area (Å²) in [6.45, 7) is 4.66. The average Bonchev–Trinajstić information content (AvgIpc) is 2.58. The molecule has 0 aromatic heterocycles. The molecule has 2 fully saturated rings. The molecule has 2 aliphatic rings. The zero-order valence-electron chi connectivity index (χ0n) is 10.1. The van der Waals surface area contributed by atoms with E-state index in [1.54, 1.807) is 0 Å². The van der Waals surface area contributed by atoms with E-state index in [4.69, 9.17) is 5.73 Å². The van der Waals surface area contributed by atoms with Crippen LogP contribution in [0.3, 0.4) is 0 Å². The van der Waals surface area contributed by atoms with E-state index in [2.05, 4.69) is 24.3 Å². The molecule has 1 aliphatic carbocycles. The predicted octanol–water partition coefficient (Wildman–Crippen LogP) is 1.63. The number of nitrogens with one attached hydrogen (secondary N) is 1. The molecule has 3 N–H and O–H groups in total. The minimum Gasteiger partial charge on any atom is -0.328 e. The quantitative estimate of drug-likeness (QED) is 0.729. The van der Waals surface area contributed by atoms with Crippen LogP contribution in [0, 0.1) is 0 Å². The van der Waals surface area contributed by atoms with Crippen LogP contribution in [0.15, 0.2) is 0 Å². The van der Waals surface area contributed by atoms with Gasteiger partial charge in [-0.05, 0) is 46.0 Å². The first-order chi connectivity index (χ1) is 7.16. The molecule has 2 rings (SSSR count). The standard InChI is InChI=1S/C12H25N3/c1-9-4-3-5-10(2)15(9)14-12-7-6-11(13)8-12/h9-12,14H,3-8,13H2,1-2H3. The van der Waals surface area contributed by atoms with Gasteiger partial charge in [0.2, 0.25) is 0 Å².